The molecule has 1 aliphatic rings. The van der Waals surface area contributed by atoms with E-state index < -0.39 is 10.0 Å². The van der Waals surface area contributed by atoms with Gasteiger partial charge in [-0.2, -0.15) is 4.31 Å². The largest absolute Gasteiger partial charge is 0.396 e. The van der Waals surface area contributed by atoms with Crippen LogP contribution in [0, 0.1) is 5.92 Å². The summed E-state index contributed by atoms with van der Waals surface area (Å²) in [6.07, 6.45) is 3.64. The molecule has 0 spiro atoms. The molecule has 0 saturated carbocycles. The van der Waals surface area contributed by atoms with E-state index in [9.17, 15) is 8.42 Å². The molecular formula is C13H21NO3S2. The van der Waals surface area contributed by atoms with Crippen LogP contribution in [0.4, 0.5) is 0 Å². The first-order valence-corrected chi connectivity index (χ1v) is 9.03. The number of aliphatic hydroxyl groups excluding tert-OH is 1. The van der Waals surface area contributed by atoms with Crippen LogP contribution in [0.5, 0.6) is 0 Å². The monoisotopic (exact) mass is 303 g/mol. The molecule has 108 valence electrons. The molecule has 1 aliphatic heterocycles. The van der Waals surface area contributed by atoms with Gasteiger partial charge in [-0.1, -0.05) is 13.3 Å². The summed E-state index contributed by atoms with van der Waals surface area (Å²) in [6.45, 7) is 3.45. The van der Waals surface area contributed by atoms with Crippen molar-refractivity contribution in [1.29, 1.82) is 0 Å². The Kier molecular flexibility index (Phi) is 5.00. The van der Waals surface area contributed by atoms with Gasteiger partial charge in [-0.25, -0.2) is 8.42 Å². The van der Waals surface area contributed by atoms with E-state index in [4.69, 9.17) is 5.11 Å². The molecule has 1 atom stereocenters. The van der Waals surface area contributed by atoms with Gasteiger partial charge in [0.1, 0.15) is 4.21 Å². The van der Waals surface area contributed by atoms with Crippen molar-refractivity contribution in [1.82, 2.24) is 4.31 Å². The zero-order chi connectivity index (χ0) is 13.9. The summed E-state index contributed by atoms with van der Waals surface area (Å²) in [5, 5.41) is 8.89. The lowest BCUT2D eigenvalue weighted by molar-refractivity contribution is 0.262. The molecule has 0 aliphatic carbocycles. The second kappa shape index (κ2) is 6.35. The molecule has 1 N–H and O–H groups in total. The van der Waals surface area contributed by atoms with Crippen molar-refractivity contribution in [3.63, 3.8) is 0 Å². The Morgan fingerprint density at radius 1 is 1.47 bits per heavy atom. The van der Waals surface area contributed by atoms with Gasteiger partial charge in [0.25, 0.3) is 10.0 Å². The fraction of sp³-hybridized carbons (Fsp3) is 0.692. The number of rotatable bonds is 5. The smallest absolute Gasteiger partial charge is 0.252 e. The maximum atomic E-state index is 12.5. The highest BCUT2D eigenvalue weighted by atomic mass is 32.2. The summed E-state index contributed by atoms with van der Waals surface area (Å²) in [5.41, 5.74) is 0. The van der Waals surface area contributed by atoms with Crippen molar-refractivity contribution >= 4 is 21.4 Å². The van der Waals surface area contributed by atoms with E-state index in [0.29, 0.717) is 29.6 Å². The van der Waals surface area contributed by atoms with Crippen molar-refractivity contribution in [2.75, 3.05) is 19.7 Å². The maximum absolute atomic E-state index is 12.5. The summed E-state index contributed by atoms with van der Waals surface area (Å²) < 4.78 is 27.1. The number of nitrogens with zero attached hydrogens (tertiary/aromatic N) is 1. The molecule has 1 aromatic rings. The molecule has 0 amide bonds. The first-order chi connectivity index (χ1) is 9.07. The Hall–Kier alpha value is -0.430. The van der Waals surface area contributed by atoms with Crippen molar-refractivity contribution in [3.8, 4) is 0 Å². The Bertz CT molecular complexity index is 510. The van der Waals surface area contributed by atoms with Gasteiger partial charge < -0.3 is 5.11 Å². The molecule has 1 aromatic heterocycles. The third kappa shape index (κ3) is 3.37. The molecule has 4 nitrogen and oxygen atoms in total. The highest BCUT2D eigenvalue weighted by Crippen LogP contribution is 2.29. The van der Waals surface area contributed by atoms with Gasteiger partial charge in [0.2, 0.25) is 0 Å². The van der Waals surface area contributed by atoms with Crippen LogP contribution in [0.2, 0.25) is 0 Å². The number of aliphatic hydroxyl groups is 1. The van der Waals surface area contributed by atoms with Gasteiger partial charge in [-0.3, -0.25) is 0 Å². The second-order valence-electron chi connectivity index (χ2n) is 4.97. The molecule has 0 radical (unpaired) electrons. The Labute approximate surface area is 119 Å². The standard InChI is InChI=1S/C13H21NO3S2/c1-2-11-4-3-8-14(10-11)19(16,17)13-6-5-12(18-13)7-9-15/h5-6,11,15H,2-4,7-10H2,1H3. The van der Waals surface area contributed by atoms with Crippen LogP contribution < -0.4 is 0 Å². The molecule has 1 unspecified atom stereocenters. The predicted octanol–water partition coefficient (Wildman–Crippen LogP) is 2.09. The first kappa shape index (κ1) is 15.0. The summed E-state index contributed by atoms with van der Waals surface area (Å²) >= 11 is 1.28. The zero-order valence-electron chi connectivity index (χ0n) is 11.2. The minimum Gasteiger partial charge on any atom is -0.396 e. The minimum absolute atomic E-state index is 0.0572. The molecule has 2 heterocycles. The Morgan fingerprint density at radius 2 is 2.26 bits per heavy atom. The lowest BCUT2D eigenvalue weighted by atomic mass is 9.97. The van der Waals surface area contributed by atoms with E-state index >= 15 is 0 Å². The summed E-state index contributed by atoms with van der Waals surface area (Å²) in [6, 6.07) is 3.47. The molecule has 1 fully saturated rings. The first-order valence-electron chi connectivity index (χ1n) is 6.77. The average molecular weight is 303 g/mol. The van der Waals surface area contributed by atoms with E-state index in [0.717, 1.165) is 24.1 Å². The lowest BCUT2D eigenvalue weighted by Crippen LogP contribution is -2.39. The van der Waals surface area contributed by atoms with Gasteiger partial charge in [-0.05, 0) is 30.9 Å². The van der Waals surface area contributed by atoms with Crippen molar-refractivity contribution in [2.45, 2.75) is 36.8 Å². The minimum atomic E-state index is -3.33. The number of hydrogen-bond acceptors (Lipinski definition) is 4. The van der Waals surface area contributed by atoms with Crippen LogP contribution in [-0.2, 0) is 16.4 Å². The summed E-state index contributed by atoms with van der Waals surface area (Å²) in [4.78, 5) is 0.921. The van der Waals surface area contributed by atoms with E-state index in [2.05, 4.69) is 6.92 Å². The third-order valence-electron chi connectivity index (χ3n) is 3.65. The molecule has 0 aromatic carbocycles. The molecule has 2 rings (SSSR count). The lowest BCUT2D eigenvalue weighted by Gasteiger charge is -2.30. The number of thiophene rings is 1. The van der Waals surface area contributed by atoms with Gasteiger partial charge in [0, 0.05) is 31.0 Å². The number of hydrogen-bond donors (Lipinski definition) is 1. The third-order valence-corrected chi connectivity index (χ3v) is 7.13. The van der Waals surface area contributed by atoms with Crippen LogP contribution in [-0.4, -0.2) is 37.5 Å². The van der Waals surface area contributed by atoms with Crippen molar-refractivity contribution in [2.24, 2.45) is 5.92 Å². The van der Waals surface area contributed by atoms with Gasteiger partial charge in [-0.15, -0.1) is 11.3 Å². The van der Waals surface area contributed by atoms with Crippen LogP contribution in [0.3, 0.4) is 0 Å². The van der Waals surface area contributed by atoms with Crippen molar-refractivity contribution < 1.29 is 13.5 Å². The van der Waals surface area contributed by atoms with E-state index in [1.165, 1.54) is 11.3 Å². The van der Waals surface area contributed by atoms with Crippen LogP contribution in [0.1, 0.15) is 31.1 Å². The van der Waals surface area contributed by atoms with E-state index in [1.807, 2.05) is 0 Å². The quantitative estimate of drug-likeness (QED) is 0.906. The van der Waals surface area contributed by atoms with Gasteiger partial charge in [0.05, 0.1) is 0 Å². The molecule has 0 bridgehead atoms. The SMILES string of the molecule is CCC1CCCN(S(=O)(=O)c2ccc(CCO)s2)C1. The zero-order valence-corrected chi connectivity index (χ0v) is 12.8. The fourth-order valence-electron chi connectivity index (χ4n) is 2.45. The summed E-state index contributed by atoms with van der Waals surface area (Å²) in [5.74, 6) is 0.486. The van der Waals surface area contributed by atoms with Crippen LogP contribution in [0.15, 0.2) is 16.3 Å². The normalized spacial score (nSPS) is 21.7. The molecule has 6 heteroatoms. The molecular weight excluding hydrogens is 282 g/mol. The highest BCUT2D eigenvalue weighted by Gasteiger charge is 2.30. The van der Waals surface area contributed by atoms with Gasteiger partial charge >= 0.3 is 0 Å². The Balaban J connectivity index is 2.16. The Morgan fingerprint density at radius 3 is 2.95 bits per heavy atom. The fourth-order valence-corrected chi connectivity index (χ4v) is 5.50. The number of sulfonamides is 1. The maximum Gasteiger partial charge on any atom is 0.252 e. The second-order valence-corrected chi connectivity index (χ2v) is 8.31. The molecule has 1 saturated heterocycles. The van der Waals surface area contributed by atoms with E-state index in [-0.39, 0.29) is 6.61 Å². The van der Waals surface area contributed by atoms with E-state index in [1.54, 1.807) is 16.4 Å². The van der Waals surface area contributed by atoms with Crippen molar-refractivity contribution in [3.05, 3.63) is 17.0 Å². The summed E-state index contributed by atoms with van der Waals surface area (Å²) in [7, 11) is -3.33. The van der Waals surface area contributed by atoms with Crippen LogP contribution in [0.25, 0.3) is 0 Å². The predicted molar refractivity (Wildman–Crippen MR) is 76.9 cm³/mol. The van der Waals surface area contributed by atoms with Crippen LogP contribution >= 0.6 is 11.3 Å². The molecule has 19 heavy (non-hydrogen) atoms. The number of piperidine rings is 1. The van der Waals surface area contributed by atoms with Gasteiger partial charge in [0.15, 0.2) is 0 Å². The topological polar surface area (TPSA) is 57.6 Å². The highest BCUT2D eigenvalue weighted by molar-refractivity contribution is 7.91. The average Bonchev–Trinajstić information content (AvgIpc) is 2.88.